The highest BCUT2D eigenvalue weighted by Gasteiger charge is 2.18. The summed E-state index contributed by atoms with van der Waals surface area (Å²) in [4.78, 5) is 0. The van der Waals surface area contributed by atoms with Crippen LogP contribution in [0, 0.1) is 0 Å². The number of hydrogen-bond donors (Lipinski definition) is 1. The minimum Gasteiger partial charge on any atom is -0.492 e. The Morgan fingerprint density at radius 1 is 1.00 bits per heavy atom. The fourth-order valence-corrected chi connectivity index (χ4v) is 2.32. The molecule has 2 aromatic carbocycles. The van der Waals surface area contributed by atoms with Crippen LogP contribution >= 0.6 is 12.4 Å². The Balaban J connectivity index is 0.00000133. The van der Waals surface area contributed by atoms with Crippen molar-refractivity contribution in [2.24, 2.45) is 0 Å². The fourth-order valence-electron chi connectivity index (χ4n) is 2.32. The molecule has 0 amide bonds. The van der Waals surface area contributed by atoms with Gasteiger partial charge in [-0.1, -0.05) is 48.5 Å². The first-order valence-corrected chi connectivity index (χ1v) is 6.40. The number of ether oxygens (including phenoxy) is 1. The molecule has 3 heteroatoms. The van der Waals surface area contributed by atoms with E-state index in [0.717, 1.165) is 25.3 Å². The third-order valence-electron chi connectivity index (χ3n) is 3.32. The summed E-state index contributed by atoms with van der Waals surface area (Å²) in [5.41, 5.74) is 2.62. The maximum atomic E-state index is 5.76. The van der Waals surface area contributed by atoms with E-state index >= 15 is 0 Å². The zero-order valence-corrected chi connectivity index (χ0v) is 11.5. The first kappa shape index (κ1) is 13.9. The van der Waals surface area contributed by atoms with Crippen LogP contribution in [0.2, 0.25) is 0 Å². The van der Waals surface area contributed by atoms with Crippen LogP contribution in [-0.2, 0) is 13.0 Å². The Bertz CT molecular complexity index is 515. The number of fused-ring (bicyclic) bond motifs is 1. The number of halogens is 1. The summed E-state index contributed by atoms with van der Waals surface area (Å²) >= 11 is 0. The normalized spacial score (nSPS) is 16.9. The molecule has 1 N–H and O–H groups in total. The van der Waals surface area contributed by atoms with Crippen LogP contribution in [0.15, 0.2) is 54.6 Å². The lowest BCUT2D eigenvalue weighted by Crippen LogP contribution is -2.38. The predicted octanol–water partition coefficient (Wildman–Crippen LogP) is 3.20. The van der Waals surface area contributed by atoms with Crippen molar-refractivity contribution in [3.63, 3.8) is 0 Å². The average Bonchev–Trinajstić information content (AvgIpc) is 2.46. The van der Waals surface area contributed by atoms with Gasteiger partial charge in [-0.2, -0.15) is 0 Å². The summed E-state index contributed by atoms with van der Waals surface area (Å²) < 4.78 is 5.76. The van der Waals surface area contributed by atoms with Crippen molar-refractivity contribution >= 4 is 12.4 Å². The average molecular weight is 276 g/mol. The maximum absolute atomic E-state index is 5.76. The molecule has 0 aromatic heterocycles. The molecule has 100 valence electrons. The van der Waals surface area contributed by atoms with Crippen molar-refractivity contribution in [2.75, 3.05) is 6.61 Å². The summed E-state index contributed by atoms with van der Waals surface area (Å²) in [6, 6.07) is 19.2. The van der Waals surface area contributed by atoms with Gasteiger partial charge in [-0.25, -0.2) is 0 Å². The Labute approximate surface area is 120 Å². The molecule has 0 bridgehead atoms. The van der Waals surface area contributed by atoms with E-state index in [2.05, 4.69) is 41.7 Å². The zero-order chi connectivity index (χ0) is 12.2. The monoisotopic (exact) mass is 275 g/mol. The molecule has 1 aliphatic heterocycles. The second-order valence-electron chi connectivity index (χ2n) is 4.69. The second-order valence-corrected chi connectivity index (χ2v) is 4.69. The van der Waals surface area contributed by atoms with Gasteiger partial charge in [0, 0.05) is 12.6 Å². The maximum Gasteiger partial charge on any atom is 0.122 e. The summed E-state index contributed by atoms with van der Waals surface area (Å²) in [6.45, 7) is 1.65. The third-order valence-corrected chi connectivity index (χ3v) is 3.32. The molecule has 2 nitrogen and oxygen atoms in total. The Kier molecular flexibility index (Phi) is 4.83. The van der Waals surface area contributed by atoms with Gasteiger partial charge in [0.05, 0.1) is 0 Å². The van der Waals surface area contributed by atoms with E-state index in [9.17, 15) is 0 Å². The molecule has 1 atom stereocenters. The molecule has 0 saturated carbocycles. The van der Waals surface area contributed by atoms with Gasteiger partial charge in [0.2, 0.25) is 0 Å². The van der Waals surface area contributed by atoms with Gasteiger partial charge in [-0.3, -0.25) is 0 Å². The topological polar surface area (TPSA) is 21.3 Å². The number of hydrogen-bond acceptors (Lipinski definition) is 2. The van der Waals surface area contributed by atoms with E-state index in [0.29, 0.717) is 6.04 Å². The Morgan fingerprint density at radius 3 is 2.58 bits per heavy atom. The second kappa shape index (κ2) is 6.60. The van der Waals surface area contributed by atoms with Crippen LogP contribution < -0.4 is 10.1 Å². The van der Waals surface area contributed by atoms with Crippen molar-refractivity contribution in [2.45, 2.75) is 19.0 Å². The highest BCUT2D eigenvalue weighted by molar-refractivity contribution is 5.85. The zero-order valence-electron chi connectivity index (χ0n) is 10.7. The molecule has 1 heterocycles. The summed E-state index contributed by atoms with van der Waals surface area (Å²) in [5, 5.41) is 3.55. The van der Waals surface area contributed by atoms with Crippen molar-refractivity contribution < 1.29 is 4.74 Å². The standard InChI is InChI=1S/C16H17NO.ClH/c1-2-6-13(7-3-1)11-17-15-10-14-8-4-5-9-16(14)18-12-15;/h1-9,15,17H,10-12H2;1H/t15-;/m0./s1. The van der Waals surface area contributed by atoms with Gasteiger partial charge >= 0.3 is 0 Å². The summed E-state index contributed by atoms with van der Waals surface area (Å²) in [6.07, 6.45) is 1.04. The minimum absolute atomic E-state index is 0. The highest BCUT2D eigenvalue weighted by Crippen LogP contribution is 2.23. The first-order chi connectivity index (χ1) is 8.92. The Morgan fingerprint density at radius 2 is 1.74 bits per heavy atom. The van der Waals surface area contributed by atoms with Crippen LogP contribution in [0.1, 0.15) is 11.1 Å². The number of benzene rings is 2. The minimum atomic E-state index is 0. The molecule has 0 aliphatic carbocycles. The molecular formula is C16H18ClNO. The summed E-state index contributed by atoms with van der Waals surface area (Å²) in [7, 11) is 0. The number of rotatable bonds is 3. The molecule has 0 radical (unpaired) electrons. The van der Waals surface area contributed by atoms with E-state index in [1.807, 2.05) is 18.2 Å². The van der Waals surface area contributed by atoms with Crippen molar-refractivity contribution in [1.82, 2.24) is 5.32 Å². The van der Waals surface area contributed by atoms with Gasteiger partial charge in [-0.05, 0) is 23.6 Å². The van der Waals surface area contributed by atoms with Crippen LogP contribution in [0.5, 0.6) is 5.75 Å². The molecule has 1 aliphatic rings. The lowest BCUT2D eigenvalue weighted by Gasteiger charge is -2.26. The molecule has 0 unspecified atom stereocenters. The van der Waals surface area contributed by atoms with Crippen LogP contribution in [0.25, 0.3) is 0 Å². The lowest BCUT2D eigenvalue weighted by molar-refractivity contribution is 0.238. The van der Waals surface area contributed by atoms with Crippen molar-refractivity contribution in [1.29, 1.82) is 0 Å². The van der Waals surface area contributed by atoms with E-state index < -0.39 is 0 Å². The SMILES string of the molecule is Cl.c1ccc(CN[C@@H]2COc3ccccc3C2)cc1. The van der Waals surface area contributed by atoms with Crippen LogP contribution in [0.4, 0.5) is 0 Å². The number of para-hydroxylation sites is 1. The first-order valence-electron chi connectivity index (χ1n) is 6.40. The molecule has 0 saturated heterocycles. The molecule has 0 fully saturated rings. The van der Waals surface area contributed by atoms with Crippen molar-refractivity contribution in [3.05, 3.63) is 65.7 Å². The van der Waals surface area contributed by atoms with E-state index in [1.54, 1.807) is 0 Å². The molecule has 19 heavy (non-hydrogen) atoms. The van der Waals surface area contributed by atoms with Gasteiger partial charge in [0.25, 0.3) is 0 Å². The van der Waals surface area contributed by atoms with Gasteiger partial charge in [0.15, 0.2) is 0 Å². The fraction of sp³-hybridized carbons (Fsp3) is 0.250. The smallest absolute Gasteiger partial charge is 0.122 e. The predicted molar refractivity (Wildman–Crippen MR) is 80.0 cm³/mol. The molecule has 0 spiro atoms. The molecule has 2 aromatic rings. The van der Waals surface area contributed by atoms with E-state index in [1.165, 1.54) is 11.1 Å². The van der Waals surface area contributed by atoms with Gasteiger partial charge in [-0.15, -0.1) is 12.4 Å². The largest absolute Gasteiger partial charge is 0.492 e. The lowest BCUT2D eigenvalue weighted by atomic mass is 10.0. The van der Waals surface area contributed by atoms with E-state index in [4.69, 9.17) is 4.74 Å². The third kappa shape index (κ3) is 3.49. The quantitative estimate of drug-likeness (QED) is 0.929. The molecular weight excluding hydrogens is 258 g/mol. The van der Waals surface area contributed by atoms with Gasteiger partial charge in [0.1, 0.15) is 12.4 Å². The summed E-state index contributed by atoms with van der Waals surface area (Å²) in [5.74, 6) is 1.04. The molecule has 3 rings (SSSR count). The van der Waals surface area contributed by atoms with Crippen LogP contribution in [-0.4, -0.2) is 12.6 Å². The Hall–Kier alpha value is -1.51. The highest BCUT2D eigenvalue weighted by atomic mass is 35.5. The van der Waals surface area contributed by atoms with E-state index in [-0.39, 0.29) is 12.4 Å². The van der Waals surface area contributed by atoms with Crippen molar-refractivity contribution in [3.8, 4) is 5.75 Å². The number of nitrogens with one attached hydrogen (secondary N) is 1. The van der Waals surface area contributed by atoms with Gasteiger partial charge < -0.3 is 10.1 Å². The van der Waals surface area contributed by atoms with Crippen LogP contribution in [0.3, 0.4) is 0 Å².